The normalized spacial score (nSPS) is 14.4. The smallest absolute Gasteiger partial charge is 0.321 e. The lowest BCUT2D eigenvalue weighted by Gasteiger charge is -2.26. The molecule has 5 nitrogen and oxygen atoms in total. The number of halogens is 2. The average molecular weight is 334 g/mol. The number of benzene rings is 1. The number of carboxylic acid groups (broad SMARTS) is 1. The van der Waals surface area contributed by atoms with E-state index in [4.69, 9.17) is 38.8 Å². The predicted molar refractivity (Wildman–Crippen MR) is 80.7 cm³/mol. The molecule has 0 unspecified atom stereocenters. The van der Waals surface area contributed by atoms with Crippen molar-refractivity contribution >= 4 is 35.1 Å². The molecule has 0 aromatic heterocycles. The molecule has 0 saturated carbocycles. The molecule has 1 aromatic rings. The van der Waals surface area contributed by atoms with Crippen molar-refractivity contribution in [3.63, 3.8) is 0 Å². The molecule has 0 amide bonds. The predicted octanol–water partition coefficient (Wildman–Crippen LogP) is 2.83. The second kappa shape index (κ2) is 6.64. The minimum Gasteiger partial charge on any atom is -0.480 e. The van der Waals surface area contributed by atoms with Gasteiger partial charge in [0.05, 0.1) is 10.0 Å². The van der Waals surface area contributed by atoms with Crippen LogP contribution in [0.5, 0.6) is 0 Å². The largest absolute Gasteiger partial charge is 0.480 e. The van der Waals surface area contributed by atoms with Gasteiger partial charge in [0, 0.05) is 0 Å². The average Bonchev–Trinajstić information content (AvgIpc) is 2.31. The summed E-state index contributed by atoms with van der Waals surface area (Å²) in [6.07, 6.45) is 0. The maximum atomic E-state index is 12.3. The maximum Gasteiger partial charge on any atom is 0.321 e. The van der Waals surface area contributed by atoms with Crippen LogP contribution in [0.3, 0.4) is 0 Å². The van der Waals surface area contributed by atoms with Gasteiger partial charge in [-0.15, -0.1) is 0 Å². The third-order valence-corrected chi connectivity index (χ3v) is 3.35. The van der Waals surface area contributed by atoms with Crippen LogP contribution in [0.2, 0.25) is 10.0 Å². The van der Waals surface area contributed by atoms with Gasteiger partial charge >= 0.3 is 11.9 Å². The standard InChI is InChI=1S/C14H17Cl2NO4/c1-14(2,3)21-13(20)10(11(17)12(18)19)7-4-5-8(15)9(16)6-7/h4-6,10-11H,17H2,1-3H3,(H,18,19)/t10-,11+/m1/s1. The Morgan fingerprint density at radius 2 is 1.81 bits per heavy atom. The molecule has 0 aliphatic heterocycles. The number of ether oxygens (including phenoxy) is 1. The Morgan fingerprint density at radius 3 is 2.24 bits per heavy atom. The molecule has 1 rings (SSSR count). The van der Waals surface area contributed by atoms with E-state index in [0.717, 1.165) is 0 Å². The lowest BCUT2D eigenvalue weighted by molar-refractivity contribution is -0.160. The zero-order valence-electron chi connectivity index (χ0n) is 11.9. The van der Waals surface area contributed by atoms with E-state index in [-0.39, 0.29) is 5.02 Å². The van der Waals surface area contributed by atoms with Gasteiger partial charge < -0.3 is 15.6 Å². The molecule has 0 aliphatic carbocycles. The van der Waals surface area contributed by atoms with E-state index in [9.17, 15) is 9.59 Å². The number of carboxylic acids is 1. The summed E-state index contributed by atoms with van der Waals surface area (Å²) in [5.41, 5.74) is 5.21. The number of carbonyl (C=O) groups is 2. The van der Waals surface area contributed by atoms with E-state index in [0.29, 0.717) is 10.6 Å². The van der Waals surface area contributed by atoms with E-state index >= 15 is 0 Å². The van der Waals surface area contributed by atoms with Gasteiger partial charge in [-0.25, -0.2) is 0 Å². The Labute approximate surface area is 133 Å². The van der Waals surface area contributed by atoms with Crippen molar-refractivity contribution in [2.24, 2.45) is 5.73 Å². The van der Waals surface area contributed by atoms with Crippen LogP contribution in [-0.2, 0) is 14.3 Å². The molecule has 1 aromatic carbocycles. The Balaban J connectivity index is 3.22. The molecule has 0 spiro atoms. The Morgan fingerprint density at radius 1 is 1.24 bits per heavy atom. The first-order chi connectivity index (χ1) is 9.53. The van der Waals surface area contributed by atoms with Gasteiger partial charge in [0.25, 0.3) is 0 Å². The minimum absolute atomic E-state index is 0.209. The van der Waals surface area contributed by atoms with Gasteiger partial charge in [-0.2, -0.15) is 0 Å². The Hall–Kier alpha value is -1.30. The topological polar surface area (TPSA) is 89.6 Å². The molecule has 0 fully saturated rings. The van der Waals surface area contributed by atoms with E-state index in [1.54, 1.807) is 20.8 Å². The van der Waals surface area contributed by atoms with Crippen molar-refractivity contribution in [1.82, 2.24) is 0 Å². The molecule has 3 N–H and O–H groups in total. The minimum atomic E-state index is -1.45. The molecule has 0 saturated heterocycles. The van der Waals surface area contributed by atoms with Crippen molar-refractivity contribution in [2.45, 2.75) is 38.3 Å². The summed E-state index contributed by atoms with van der Waals surface area (Å²) in [5.74, 6) is -3.20. The second-order valence-electron chi connectivity index (χ2n) is 5.55. The van der Waals surface area contributed by atoms with Crippen molar-refractivity contribution in [3.05, 3.63) is 33.8 Å². The zero-order valence-corrected chi connectivity index (χ0v) is 13.4. The zero-order chi connectivity index (χ0) is 16.4. The van der Waals surface area contributed by atoms with Crippen molar-refractivity contribution in [1.29, 1.82) is 0 Å². The first kappa shape index (κ1) is 17.8. The number of hydrogen-bond acceptors (Lipinski definition) is 4. The molecule has 21 heavy (non-hydrogen) atoms. The summed E-state index contributed by atoms with van der Waals surface area (Å²) in [7, 11) is 0. The third-order valence-electron chi connectivity index (χ3n) is 2.61. The summed E-state index contributed by atoms with van der Waals surface area (Å²) in [6, 6.07) is 2.95. The second-order valence-corrected chi connectivity index (χ2v) is 6.36. The highest BCUT2D eigenvalue weighted by atomic mass is 35.5. The SMILES string of the molecule is CC(C)(C)OC(=O)[C@H](c1ccc(Cl)c(Cl)c1)[C@H](N)C(=O)O. The quantitative estimate of drug-likeness (QED) is 0.827. The fourth-order valence-corrected chi connectivity index (χ4v) is 2.01. The number of nitrogens with two attached hydrogens (primary N) is 1. The highest BCUT2D eigenvalue weighted by Crippen LogP contribution is 2.29. The molecule has 116 valence electrons. The number of hydrogen-bond donors (Lipinski definition) is 2. The van der Waals surface area contributed by atoms with Crippen molar-refractivity contribution < 1.29 is 19.4 Å². The van der Waals surface area contributed by atoms with Gasteiger partial charge in [-0.3, -0.25) is 9.59 Å². The number of esters is 1. The third kappa shape index (κ3) is 4.88. The van der Waals surface area contributed by atoms with E-state index < -0.39 is 29.5 Å². The molecule has 0 bridgehead atoms. The van der Waals surface area contributed by atoms with Gasteiger partial charge in [0.1, 0.15) is 17.6 Å². The maximum absolute atomic E-state index is 12.3. The summed E-state index contributed by atoms with van der Waals surface area (Å²) in [6.45, 7) is 5.05. The van der Waals surface area contributed by atoms with Crippen LogP contribution >= 0.6 is 23.2 Å². The molecular weight excluding hydrogens is 317 g/mol. The van der Waals surface area contributed by atoms with Crippen molar-refractivity contribution in [3.8, 4) is 0 Å². The van der Waals surface area contributed by atoms with Crippen molar-refractivity contribution in [2.75, 3.05) is 0 Å². The van der Waals surface area contributed by atoms with Crippen LogP contribution in [-0.4, -0.2) is 28.7 Å². The lowest BCUT2D eigenvalue weighted by atomic mass is 9.91. The molecule has 0 heterocycles. The highest BCUT2D eigenvalue weighted by Gasteiger charge is 2.35. The number of rotatable bonds is 4. The molecule has 2 atom stereocenters. The first-order valence-electron chi connectivity index (χ1n) is 6.19. The van der Waals surface area contributed by atoms with Gasteiger partial charge in [-0.05, 0) is 38.5 Å². The van der Waals surface area contributed by atoms with E-state index in [1.165, 1.54) is 18.2 Å². The monoisotopic (exact) mass is 333 g/mol. The van der Waals surface area contributed by atoms with Crippen LogP contribution in [0.1, 0.15) is 32.3 Å². The van der Waals surface area contributed by atoms with Crippen LogP contribution in [0, 0.1) is 0 Å². The summed E-state index contributed by atoms with van der Waals surface area (Å²) in [5, 5.41) is 9.60. The first-order valence-corrected chi connectivity index (χ1v) is 6.94. The van der Waals surface area contributed by atoms with Gasteiger partial charge in [-0.1, -0.05) is 29.3 Å². The molecule has 7 heteroatoms. The van der Waals surface area contributed by atoms with Gasteiger partial charge in [0.2, 0.25) is 0 Å². The Bertz CT molecular complexity index is 554. The lowest BCUT2D eigenvalue weighted by Crippen LogP contribution is -2.42. The van der Waals surface area contributed by atoms with Crippen LogP contribution in [0.25, 0.3) is 0 Å². The molecule has 0 aliphatic rings. The number of carbonyl (C=O) groups excluding carboxylic acids is 1. The van der Waals surface area contributed by atoms with Gasteiger partial charge in [0.15, 0.2) is 0 Å². The summed E-state index contributed by atoms with van der Waals surface area (Å²) >= 11 is 11.7. The van der Waals surface area contributed by atoms with Crippen LogP contribution < -0.4 is 5.73 Å². The highest BCUT2D eigenvalue weighted by molar-refractivity contribution is 6.42. The Kier molecular flexibility index (Phi) is 5.61. The summed E-state index contributed by atoms with van der Waals surface area (Å²) < 4.78 is 5.24. The fourth-order valence-electron chi connectivity index (χ4n) is 1.70. The van der Waals surface area contributed by atoms with E-state index in [2.05, 4.69) is 0 Å². The van der Waals surface area contributed by atoms with Crippen LogP contribution in [0.4, 0.5) is 0 Å². The fraction of sp³-hybridized carbons (Fsp3) is 0.429. The number of aliphatic carboxylic acids is 1. The summed E-state index contributed by atoms with van der Waals surface area (Å²) in [4.78, 5) is 23.4. The van der Waals surface area contributed by atoms with Crippen LogP contribution in [0.15, 0.2) is 18.2 Å². The molecular formula is C14H17Cl2NO4. The van der Waals surface area contributed by atoms with E-state index in [1.807, 2.05) is 0 Å². The molecule has 0 radical (unpaired) electrons.